The van der Waals surface area contributed by atoms with Gasteiger partial charge in [0.1, 0.15) is 18.0 Å². The van der Waals surface area contributed by atoms with E-state index in [4.69, 9.17) is 10.5 Å². The zero-order valence-electron chi connectivity index (χ0n) is 21.6. The third-order valence-electron chi connectivity index (χ3n) is 5.85. The van der Waals surface area contributed by atoms with Gasteiger partial charge in [-0.15, -0.1) is 0 Å². The fraction of sp³-hybridized carbons (Fsp3) is 0.760. The second kappa shape index (κ2) is 19.3. The Hall–Kier alpha value is -0.860. The van der Waals surface area contributed by atoms with Gasteiger partial charge in [0.15, 0.2) is 11.5 Å². The molecule has 0 spiro atoms. The number of nitrogens with zero attached hydrogens (tertiary/aromatic N) is 4. The average molecular weight is 542 g/mol. The maximum atomic E-state index is 12.2. The molecule has 0 aromatic carbocycles. The summed E-state index contributed by atoms with van der Waals surface area (Å²) in [5.41, 5.74) is 7.10. The first-order valence-electron chi connectivity index (χ1n) is 13.2. The molecule has 10 heteroatoms. The molecule has 0 fully saturated rings. The number of nitrogens with two attached hydrogens (primary N) is 1. The molecule has 0 aliphatic rings. The monoisotopic (exact) mass is 541 g/mol. The highest BCUT2D eigenvalue weighted by Crippen LogP contribution is 2.26. The Labute approximate surface area is 220 Å². The third-order valence-corrected chi connectivity index (χ3v) is 9.67. The van der Waals surface area contributed by atoms with Crippen molar-refractivity contribution >= 4 is 52.3 Å². The SMILES string of the molecule is CCCCCCCCCCCCCCSSCC/[P+]([O-])=C/OC(C)Cn1cnc2c(N)ncnc21. The van der Waals surface area contributed by atoms with E-state index in [2.05, 4.69) is 21.9 Å². The van der Waals surface area contributed by atoms with Crippen LogP contribution in [-0.2, 0) is 11.3 Å². The molecule has 0 bridgehead atoms. The largest absolute Gasteiger partial charge is 0.629 e. The fourth-order valence-electron chi connectivity index (χ4n) is 3.82. The maximum Gasteiger partial charge on any atom is 0.208 e. The molecule has 198 valence electrons. The number of rotatable bonds is 21. The summed E-state index contributed by atoms with van der Waals surface area (Å²) in [6.07, 6.45) is 20.3. The van der Waals surface area contributed by atoms with Gasteiger partial charge in [0.2, 0.25) is 5.98 Å². The lowest BCUT2D eigenvalue weighted by molar-refractivity contribution is -0.153. The Balaban J connectivity index is 1.42. The molecule has 0 radical (unpaired) electrons. The van der Waals surface area contributed by atoms with Crippen LogP contribution in [0.25, 0.3) is 11.2 Å². The van der Waals surface area contributed by atoms with Gasteiger partial charge in [-0.25, -0.2) is 15.0 Å². The van der Waals surface area contributed by atoms with Crippen molar-refractivity contribution in [2.75, 3.05) is 23.4 Å². The normalized spacial score (nSPS) is 13.1. The third kappa shape index (κ3) is 13.3. The molecule has 0 saturated heterocycles. The topological polar surface area (TPSA) is 102 Å². The highest BCUT2D eigenvalue weighted by molar-refractivity contribution is 8.76. The predicted molar refractivity (Wildman–Crippen MR) is 154 cm³/mol. The lowest BCUT2D eigenvalue weighted by Crippen LogP contribution is -2.16. The molecule has 35 heavy (non-hydrogen) atoms. The van der Waals surface area contributed by atoms with Crippen LogP contribution in [0.4, 0.5) is 5.82 Å². The second-order valence-electron chi connectivity index (χ2n) is 9.05. The standard InChI is InChI=1S/C25H44N5O2PS2/c1-3-4-5-6-7-8-9-10-11-12-13-14-16-34-35-17-15-33(31)21-32-22(2)18-30-20-29-23-24(26)27-19-28-25(23)30/h19-22H,3-18H2,1-2H3,(H2,26,27,28). The molecule has 0 amide bonds. The van der Waals surface area contributed by atoms with Crippen LogP contribution in [0.3, 0.4) is 0 Å². The van der Waals surface area contributed by atoms with Gasteiger partial charge in [0.25, 0.3) is 0 Å². The molecule has 2 unspecified atom stereocenters. The first kappa shape index (κ1) is 30.4. The van der Waals surface area contributed by atoms with Crippen LogP contribution in [0, 0.1) is 0 Å². The van der Waals surface area contributed by atoms with Crippen LogP contribution in [0.1, 0.15) is 90.9 Å². The van der Waals surface area contributed by atoms with Gasteiger partial charge in [0.05, 0.1) is 26.7 Å². The minimum Gasteiger partial charge on any atom is -0.629 e. The lowest BCUT2D eigenvalue weighted by Gasteiger charge is -2.10. The van der Waals surface area contributed by atoms with Crippen LogP contribution in [-0.4, -0.2) is 49.3 Å². The van der Waals surface area contributed by atoms with Gasteiger partial charge in [-0.05, 0) is 13.3 Å². The fourth-order valence-corrected chi connectivity index (χ4v) is 7.58. The number of fused-ring (bicyclic) bond motifs is 1. The number of hydrogen-bond donors (Lipinski definition) is 1. The number of anilines is 1. The number of imidazole rings is 1. The van der Waals surface area contributed by atoms with E-state index in [1.807, 2.05) is 33.1 Å². The summed E-state index contributed by atoms with van der Waals surface area (Å²) in [5.74, 6) is 3.93. The lowest BCUT2D eigenvalue weighted by atomic mass is 10.1. The number of unbranched alkanes of at least 4 members (excludes halogenated alkanes) is 11. The molecule has 2 N–H and O–H groups in total. The van der Waals surface area contributed by atoms with Gasteiger partial charge in [0, 0.05) is 11.5 Å². The van der Waals surface area contributed by atoms with Crippen molar-refractivity contribution in [1.82, 2.24) is 19.5 Å². The molecule has 2 atom stereocenters. The van der Waals surface area contributed by atoms with Crippen LogP contribution in [0.5, 0.6) is 0 Å². The van der Waals surface area contributed by atoms with Crippen molar-refractivity contribution in [2.24, 2.45) is 0 Å². The predicted octanol–water partition coefficient (Wildman–Crippen LogP) is 6.41. The average Bonchev–Trinajstić information content (AvgIpc) is 3.26. The molecule has 7 nitrogen and oxygen atoms in total. The van der Waals surface area contributed by atoms with Crippen LogP contribution >= 0.6 is 29.4 Å². The number of aromatic nitrogens is 4. The van der Waals surface area contributed by atoms with E-state index in [-0.39, 0.29) is 6.10 Å². The second-order valence-corrected chi connectivity index (χ2v) is 13.2. The van der Waals surface area contributed by atoms with Gasteiger partial charge in [-0.1, -0.05) is 99.1 Å². The number of ether oxygens (including phenoxy) is 1. The van der Waals surface area contributed by atoms with Crippen molar-refractivity contribution < 1.29 is 9.63 Å². The van der Waals surface area contributed by atoms with Crippen molar-refractivity contribution in [3.8, 4) is 0 Å². The van der Waals surface area contributed by atoms with Gasteiger partial charge < -0.3 is 19.9 Å². The van der Waals surface area contributed by atoms with Crippen molar-refractivity contribution in [3.63, 3.8) is 0 Å². The van der Waals surface area contributed by atoms with Gasteiger partial charge in [-0.2, -0.15) is 0 Å². The summed E-state index contributed by atoms with van der Waals surface area (Å²) in [6.45, 7) is 4.77. The smallest absolute Gasteiger partial charge is 0.208 e. The van der Waals surface area contributed by atoms with E-state index in [1.54, 1.807) is 6.33 Å². The Kier molecular flexibility index (Phi) is 16.7. The summed E-state index contributed by atoms with van der Waals surface area (Å²) < 4.78 is 7.56. The zero-order chi connectivity index (χ0) is 25.1. The van der Waals surface area contributed by atoms with Crippen molar-refractivity contribution in [1.29, 1.82) is 0 Å². The molecule has 0 saturated carbocycles. The van der Waals surface area contributed by atoms with Gasteiger partial charge in [-0.3, -0.25) is 0 Å². The van der Waals surface area contributed by atoms with Crippen molar-refractivity contribution in [2.45, 2.75) is 104 Å². The first-order chi connectivity index (χ1) is 17.1. The van der Waals surface area contributed by atoms with E-state index in [0.29, 0.717) is 29.7 Å². The minimum absolute atomic E-state index is 0.143. The van der Waals surface area contributed by atoms with E-state index < -0.39 is 7.77 Å². The summed E-state index contributed by atoms with van der Waals surface area (Å²) in [6, 6.07) is 0. The highest BCUT2D eigenvalue weighted by atomic mass is 33.1. The zero-order valence-corrected chi connectivity index (χ0v) is 24.1. The Morgan fingerprint density at radius 1 is 0.971 bits per heavy atom. The maximum absolute atomic E-state index is 12.2. The summed E-state index contributed by atoms with van der Waals surface area (Å²) >= 11 is 0. The Morgan fingerprint density at radius 2 is 1.60 bits per heavy atom. The molecular weight excluding hydrogens is 497 g/mol. The number of hydrogen-bond acceptors (Lipinski definition) is 8. The molecule has 0 aliphatic heterocycles. The van der Waals surface area contributed by atoms with E-state index >= 15 is 0 Å². The Bertz CT molecular complexity index is 852. The van der Waals surface area contributed by atoms with Crippen LogP contribution < -0.4 is 10.6 Å². The number of nitrogen functional groups attached to an aromatic ring is 1. The molecule has 0 aliphatic carbocycles. The summed E-state index contributed by atoms with van der Waals surface area (Å²) in [7, 11) is 2.27. The molecule has 2 aromatic rings. The minimum atomic E-state index is -1.46. The van der Waals surface area contributed by atoms with Crippen LogP contribution in [0.2, 0.25) is 0 Å². The van der Waals surface area contributed by atoms with E-state index in [1.165, 1.54) is 95.1 Å². The van der Waals surface area contributed by atoms with E-state index in [0.717, 1.165) is 5.75 Å². The van der Waals surface area contributed by atoms with Crippen molar-refractivity contribution in [3.05, 3.63) is 12.7 Å². The van der Waals surface area contributed by atoms with Crippen LogP contribution in [0.15, 0.2) is 12.7 Å². The van der Waals surface area contributed by atoms with Gasteiger partial charge >= 0.3 is 0 Å². The molecule has 2 rings (SSSR count). The van der Waals surface area contributed by atoms with E-state index in [9.17, 15) is 4.89 Å². The first-order valence-corrected chi connectivity index (χ1v) is 17.2. The quantitative estimate of drug-likeness (QED) is 0.110. The molecular formula is C25H44N5O2PS2. The summed E-state index contributed by atoms with van der Waals surface area (Å²) in [5, 5.41) is 0. The highest BCUT2D eigenvalue weighted by Gasteiger charge is 2.11. The Morgan fingerprint density at radius 3 is 2.29 bits per heavy atom. The molecule has 2 aromatic heterocycles. The molecule has 2 heterocycles. The summed E-state index contributed by atoms with van der Waals surface area (Å²) in [4.78, 5) is 24.7.